The zero-order valence-corrected chi connectivity index (χ0v) is 14.3. The fraction of sp³-hybridized carbons (Fsp3) is 0.316. The molecule has 0 fully saturated rings. The Balaban J connectivity index is 0.000000924. The van der Waals surface area contributed by atoms with E-state index < -0.39 is 0 Å². The van der Waals surface area contributed by atoms with Crippen LogP contribution in [0.1, 0.15) is 36.2 Å². The molecule has 1 amide bonds. The number of benzene rings is 2. The first-order valence-corrected chi connectivity index (χ1v) is 8.36. The maximum Gasteiger partial charge on any atom is 0.258 e. The Labute approximate surface area is 142 Å². The van der Waals surface area contributed by atoms with E-state index in [1.165, 1.54) is 0 Å². The van der Waals surface area contributed by atoms with Gasteiger partial charge >= 0.3 is 0 Å². The summed E-state index contributed by atoms with van der Waals surface area (Å²) in [5.41, 5.74) is 2.53. The summed E-state index contributed by atoms with van der Waals surface area (Å²) in [5.74, 6) is 0.0149. The molecule has 0 aromatic heterocycles. The highest BCUT2D eigenvalue weighted by atomic mass is 35.5. The number of carbonyl (C=O) groups is 1. The van der Waals surface area contributed by atoms with Crippen LogP contribution in [0.2, 0.25) is 5.02 Å². The molecule has 3 nitrogen and oxygen atoms in total. The van der Waals surface area contributed by atoms with E-state index in [9.17, 15) is 4.79 Å². The van der Waals surface area contributed by atoms with Crippen LogP contribution in [0.25, 0.3) is 0 Å². The van der Waals surface area contributed by atoms with Crippen LogP contribution < -0.4 is 4.90 Å². The van der Waals surface area contributed by atoms with E-state index in [-0.39, 0.29) is 5.91 Å². The number of carbonyl (C=O) groups excluding carboxylic acids is 1. The smallest absolute Gasteiger partial charge is 0.258 e. The fourth-order valence-corrected chi connectivity index (χ4v) is 2.70. The standard InChI is InChI=1S/C17H16ClNO2.C2H6/c18-15-7-8-16-14(11-15)12-21-10-4-9-19(16)17(20)13-5-2-1-3-6-13;1-2/h1-3,5-8,11H,4,9-10,12H2;1-2H3. The van der Waals surface area contributed by atoms with Crippen molar-refractivity contribution < 1.29 is 9.53 Å². The SMILES string of the molecule is CC.O=C(c1ccccc1)N1CCCOCc2cc(Cl)ccc21. The third-order valence-electron chi connectivity index (χ3n) is 3.53. The molecule has 2 aromatic rings. The van der Waals surface area contributed by atoms with E-state index in [4.69, 9.17) is 16.3 Å². The zero-order valence-electron chi connectivity index (χ0n) is 13.6. The van der Waals surface area contributed by atoms with Crippen LogP contribution in [-0.4, -0.2) is 19.1 Å². The van der Waals surface area contributed by atoms with Crippen LogP contribution in [-0.2, 0) is 11.3 Å². The second-order valence-electron chi connectivity index (χ2n) is 5.00. The van der Waals surface area contributed by atoms with Crippen molar-refractivity contribution >= 4 is 23.2 Å². The summed E-state index contributed by atoms with van der Waals surface area (Å²) >= 11 is 6.06. The number of hydrogen-bond donors (Lipinski definition) is 0. The lowest BCUT2D eigenvalue weighted by atomic mass is 10.1. The summed E-state index contributed by atoms with van der Waals surface area (Å²) in [7, 11) is 0. The summed E-state index contributed by atoms with van der Waals surface area (Å²) in [6, 6.07) is 14.9. The van der Waals surface area contributed by atoms with Crippen molar-refractivity contribution in [3.8, 4) is 0 Å². The van der Waals surface area contributed by atoms with E-state index in [2.05, 4.69) is 0 Å². The van der Waals surface area contributed by atoms with Crippen molar-refractivity contribution in [3.63, 3.8) is 0 Å². The zero-order chi connectivity index (χ0) is 16.7. The predicted octanol–water partition coefficient (Wildman–Crippen LogP) is 4.93. The molecule has 0 spiro atoms. The van der Waals surface area contributed by atoms with Gasteiger partial charge in [-0.2, -0.15) is 0 Å². The monoisotopic (exact) mass is 331 g/mol. The Morgan fingerprint density at radius 2 is 1.87 bits per heavy atom. The lowest BCUT2D eigenvalue weighted by molar-refractivity contribution is 0.0957. The molecule has 0 atom stereocenters. The second-order valence-corrected chi connectivity index (χ2v) is 5.44. The Kier molecular flexibility index (Phi) is 6.63. The van der Waals surface area contributed by atoms with E-state index in [1.807, 2.05) is 67.3 Å². The molecule has 0 N–H and O–H groups in total. The number of anilines is 1. The van der Waals surface area contributed by atoms with Crippen LogP contribution in [0.15, 0.2) is 48.5 Å². The van der Waals surface area contributed by atoms with Gasteiger partial charge < -0.3 is 9.64 Å². The van der Waals surface area contributed by atoms with Crippen LogP contribution in [0.4, 0.5) is 5.69 Å². The van der Waals surface area contributed by atoms with Crippen molar-refractivity contribution in [3.05, 3.63) is 64.7 Å². The number of ether oxygens (including phenoxy) is 1. The number of amides is 1. The van der Waals surface area contributed by atoms with Crippen LogP contribution in [0.5, 0.6) is 0 Å². The molecule has 1 heterocycles. The van der Waals surface area contributed by atoms with Gasteiger partial charge in [0.1, 0.15) is 0 Å². The van der Waals surface area contributed by atoms with Gasteiger partial charge in [-0.1, -0.05) is 43.6 Å². The molecule has 23 heavy (non-hydrogen) atoms. The van der Waals surface area contributed by atoms with Gasteiger partial charge in [0.25, 0.3) is 5.91 Å². The minimum Gasteiger partial charge on any atom is -0.377 e. The number of rotatable bonds is 1. The summed E-state index contributed by atoms with van der Waals surface area (Å²) in [6.45, 7) is 5.77. The lowest BCUT2D eigenvalue weighted by Crippen LogP contribution is -2.34. The molecule has 1 aliphatic rings. The van der Waals surface area contributed by atoms with Crippen molar-refractivity contribution in [1.29, 1.82) is 0 Å². The highest BCUT2D eigenvalue weighted by Gasteiger charge is 2.21. The molecule has 0 bridgehead atoms. The van der Waals surface area contributed by atoms with Gasteiger partial charge in [0.05, 0.1) is 6.61 Å². The molecule has 1 aliphatic heterocycles. The van der Waals surface area contributed by atoms with Crippen LogP contribution >= 0.6 is 11.6 Å². The highest BCUT2D eigenvalue weighted by Crippen LogP contribution is 2.28. The normalized spacial score (nSPS) is 14.0. The van der Waals surface area contributed by atoms with Crippen molar-refractivity contribution in [2.75, 3.05) is 18.1 Å². The Morgan fingerprint density at radius 3 is 2.61 bits per heavy atom. The first-order chi connectivity index (χ1) is 11.3. The van der Waals surface area contributed by atoms with Crippen LogP contribution in [0.3, 0.4) is 0 Å². The molecule has 0 saturated carbocycles. The Morgan fingerprint density at radius 1 is 1.13 bits per heavy atom. The summed E-state index contributed by atoms with van der Waals surface area (Å²) < 4.78 is 5.59. The molecule has 0 aliphatic carbocycles. The average Bonchev–Trinajstić information content (AvgIpc) is 2.58. The van der Waals surface area contributed by atoms with Gasteiger partial charge in [-0.15, -0.1) is 0 Å². The fourth-order valence-electron chi connectivity index (χ4n) is 2.51. The number of halogens is 1. The van der Waals surface area contributed by atoms with Gasteiger partial charge in [-0.05, 0) is 36.8 Å². The third-order valence-corrected chi connectivity index (χ3v) is 3.76. The number of hydrogen-bond acceptors (Lipinski definition) is 2. The van der Waals surface area contributed by atoms with Crippen molar-refractivity contribution in [2.24, 2.45) is 0 Å². The molecule has 122 valence electrons. The van der Waals surface area contributed by atoms with Crippen LogP contribution in [0, 0.1) is 0 Å². The van der Waals surface area contributed by atoms with Gasteiger partial charge in [0, 0.05) is 35.0 Å². The van der Waals surface area contributed by atoms with E-state index >= 15 is 0 Å². The Bertz CT molecular complexity index is 643. The van der Waals surface area contributed by atoms with E-state index in [0.29, 0.717) is 30.3 Å². The molecular formula is C19H22ClNO2. The maximum atomic E-state index is 12.8. The number of fused-ring (bicyclic) bond motifs is 1. The van der Waals surface area contributed by atoms with Gasteiger partial charge in [-0.25, -0.2) is 0 Å². The van der Waals surface area contributed by atoms with Crippen molar-refractivity contribution in [2.45, 2.75) is 26.9 Å². The number of nitrogens with zero attached hydrogens (tertiary/aromatic N) is 1. The molecule has 0 saturated heterocycles. The first kappa shape index (κ1) is 17.5. The molecule has 0 unspecified atom stereocenters. The van der Waals surface area contributed by atoms with Gasteiger partial charge in [0.2, 0.25) is 0 Å². The highest BCUT2D eigenvalue weighted by molar-refractivity contribution is 6.30. The summed E-state index contributed by atoms with van der Waals surface area (Å²) in [4.78, 5) is 14.6. The van der Waals surface area contributed by atoms with Crippen molar-refractivity contribution in [1.82, 2.24) is 0 Å². The predicted molar refractivity (Wildman–Crippen MR) is 95.2 cm³/mol. The molecule has 2 aromatic carbocycles. The molecular weight excluding hydrogens is 310 g/mol. The molecule has 3 rings (SSSR count). The Hall–Kier alpha value is -1.84. The quantitative estimate of drug-likeness (QED) is 0.741. The van der Waals surface area contributed by atoms with E-state index in [0.717, 1.165) is 17.7 Å². The first-order valence-electron chi connectivity index (χ1n) is 7.99. The molecule has 0 radical (unpaired) electrons. The molecule has 4 heteroatoms. The minimum absolute atomic E-state index is 0.0149. The lowest BCUT2D eigenvalue weighted by Gasteiger charge is -2.27. The van der Waals surface area contributed by atoms with E-state index in [1.54, 1.807) is 0 Å². The topological polar surface area (TPSA) is 29.5 Å². The maximum absolute atomic E-state index is 12.8. The average molecular weight is 332 g/mol. The van der Waals surface area contributed by atoms with Gasteiger partial charge in [-0.3, -0.25) is 4.79 Å². The summed E-state index contributed by atoms with van der Waals surface area (Å²) in [5, 5.41) is 0.657. The second kappa shape index (κ2) is 8.70. The minimum atomic E-state index is 0.0149. The third kappa shape index (κ3) is 4.34. The van der Waals surface area contributed by atoms with Gasteiger partial charge in [0.15, 0.2) is 0 Å². The summed E-state index contributed by atoms with van der Waals surface area (Å²) in [6.07, 6.45) is 0.820. The largest absolute Gasteiger partial charge is 0.377 e.